The first-order valence-electron chi connectivity index (χ1n) is 8.39. The number of carbonyl (C=O) groups is 3. The Kier molecular flexibility index (Phi) is 3.45. The van der Waals surface area contributed by atoms with Crippen molar-refractivity contribution in [2.45, 2.75) is 19.3 Å². The molecule has 4 rings (SSSR count). The lowest BCUT2D eigenvalue weighted by Crippen LogP contribution is -2.50. The van der Waals surface area contributed by atoms with E-state index in [0.29, 0.717) is 17.5 Å². The van der Waals surface area contributed by atoms with E-state index < -0.39 is 5.41 Å². The Balaban J connectivity index is 1.87. The molecule has 2 bridgehead atoms. The molecule has 0 radical (unpaired) electrons. The van der Waals surface area contributed by atoms with Gasteiger partial charge in [-0.3, -0.25) is 14.4 Å². The quantitative estimate of drug-likeness (QED) is 0.637. The van der Waals surface area contributed by atoms with Gasteiger partial charge in [0.1, 0.15) is 0 Å². The fourth-order valence-corrected chi connectivity index (χ4v) is 4.47. The highest BCUT2D eigenvalue weighted by Crippen LogP contribution is 2.56. The van der Waals surface area contributed by atoms with Gasteiger partial charge in [-0.2, -0.15) is 0 Å². The summed E-state index contributed by atoms with van der Waals surface area (Å²) in [6.07, 6.45) is 2.24. The molecule has 0 aliphatic heterocycles. The van der Waals surface area contributed by atoms with Crippen LogP contribution in [0.2, 0.25) is 0 Å². The van der Waals surface area contributed by atoms with Crippen molar-refractivity contribution in [1.29, 1.82) is 0 Å². The van der Waals surface area contributed by atoms with Crippen LogP contribution in [0.5, 0.6) is 0 Å². The molecule has 2 fully saturated rings. The van der Waals surface area contributed by atoms with E-state index >= 15 is 0 Å². The number of hydrogen-bond acceptors (Lipinski definition) is 3. The van der Waals surface area contributed by atoms with Crippen LogP contribution in [0.1, 0.15) is 40.0 Å². The lowest BCUT2D eigenvalue weighted by molar-refractivity contribution is -0.127. The molecule has 0 aromatic heterocycles. The molecule has 24 heavy (non-hydrogen) atoms. The number of fused-ring (bicyclic) bond motifs is 2. The van der Waals surface area contributed by atoms with E-state index in [1.54, 1.807) is 48.5 Å². The summed E-state index contributed by atoms with van der Waals surface area (Å²) in [6.45, 7) is 0. The zero-order chi connectivity index (χ0) is 16.7. The van der Waals surface area contributed by atoms with Crippen LogP contribution in [-0.4, -0.2) is 17.3 Å². The summed E-state index contributed by atoms with van der Waals surface area (Å²) in [5, 5.41) is 0. The Labute approximate surface area is 140 Å². The summed E-state index contributed by atoms with van der Waals surface area (Å²) >= 11 is 0. The molecule has 0 saturated heterocycles. The van der Waals surface area contributed by atoms with E-state index in [9.17, 15) is 14.4 Å². The second-order valence-corrected chi connectivity index (χ2v) is 6.77. The summed E-state index contributed by atoms with van der Waals surface area (Å²) in [5.74, 6) is -1.13. The molecule has 3 heteroatoms. The van der Waals surface area contributed by atoms with E-state index in [2.05, 4.69) is 0 Å². The number of hydrogen-bond donors (Lipinski definition) is 0. The minimum atomic E-state index is -1.52. The average Bonchev–Trinajstić information content (AvgIpc) is 3.23. The van der Waals surface area contributed by atoms with E-state index in [4.69, 9.17) is 0 Å². The van der Waals surface area contributed by atoms with Crippen molar-refractivity contribution in [3.8, 4) is 0 Å². The van der Waals surface area contributed by atoms with Gasteiger partial charge in [0.05, 0.1) is 0 Å². The van der Waals surface area contributed by atoms with Crippen molar-refractivity contribution in [2.75, 3.05) is 0 Å². The number of rotatable bonds is 4. The summed E-state index contributed by atoms with van der Waals surface area (Å²) < 4.78 is 0. The van der Waals surface area contributed by atoms with Crippen LogP contribution in [0, 0.1) is 17.3 Å². The lowest BCUT2D eigenvalue weighted by Gasteiger charge is -2.33. The van der Waals surface area contributed by atoms with Gasteiger partial charge in [-0.05, 0) is 25.2 Å². The SMILES string of the molecule is O=C(c1ccccc1)C1(C(=O)c2ccccc2)C(=O)C2CCC1C2. The molecule has 2 aromatic rings. The third-order valence-electron chi connectivity index (χ3n) is 5.59. The van der Waals surface area contributed by atoms with Crippen LogP contribution in [0.3, 0.4) is 0 Å². The summed E-state index contributed by atoms with van der Waals surface area (Å²) in [6, 6.07) is 17.5. The van der Waals surface area contributed by atoms with Crippen molar-refractivity contribution in [1.82, 2.24) is 0 Å². The predicted octanol–water partition coefficient (Wildman–Crippen LogP) is 3.74. The zero-order valence-electron chi connectivity index (χ0n) is 13.3. The minimum absolute atomic E-state index is 0.143. The topological polar surface area (TPSA) is 51.2 Å². The van der Waals surface area contributed by atoms with Gasteiger partial charge in [-0.25, -0.2) is 0 Å². The smallest absolute Gasteiger partial charge is 0.184 e. The Hall–Kier alpha value is -2.55. The maximum atomic E-state index is 13.3. The maximum absolute atomic E-state index is 13.3. The molecule has 2 atom stereocenters. The monoisotopic (exact) mass is 318 g/mol. The Bertz CT molecular complexity index is 756. The first-order chi connectivity index (χ1) is 11.7. The molecule has 0 heterocycles. The van der Waals surface area contributed by atoms with Gasteiger partial charge in [-0.1, -0.05) is 60.7 Å². The van der Waals surface area contributed by atoms with Gasteiger partial charge in [0, 0.05) is 17.0 Å². The third-order valence-corrected chi connectivity index (χ3v) is 5.59. The van der Waals surface area contributed by atoms with Crippen molar-refractivity contribution in [3.05, 3.63) is 71.8 Å². The van der Waals surface area contributed by atoms with Gasteiger partial charge < -0.3 is 0 Å². The first kappa shape index (κ1) is 15.0. The molecule has 3 nitrogen and oxygen atoms in total. The first-order valence-corrected chi connectivity index (χ1v) is 8.39. The number of Topliss-reactive ketones (excluding diaryl/α,β-unsaturated/α-hetero) is 3. The Morgan fingerprint density at radius 1 is 0.792 bits per heavy atom. The Morgan fingerprint density at radius 3 is 1.71 bits per heavy atom. The molecule has 2 aromatic carbocycles. The van der Waals surface area contributed by atoms with E-state index in [1.807, 2.05) is 12.1 Å². The van der Waals surface area contributed by atoms with E-state index in [0.717, 1.165) is 12.8 Å². The molecule has 2 saturated carbocycles. The van der Waals surface area contributed by atoms with Crippen LogP contribution < -0.4 is 0 Å². The molecule has 2 aliphatic rings. The third kappa shape index (κ3) is 1.94. The minimum Gasteiger partial charge on any atom is -0.298 e. The largest absolute Gasteiger partial charge is 0.298 e. The summed E-state index contributed by atoms with van der Waals surface area (Å²) in [4.78, 5) is 39.8. The molecule has 2 aliphatic carbocycles. The van der Waals surface area contributed by atoms with Crippen LogP contribution in [-0.2, 0) is 4.79 Å². The zero-order valence-corrected chi connectivity index (χ0v) is 13.3. The highest BCUT2D eigenvalue weighted by molar-refractivity contribution is 6.34. The average molecular weight is 318 g/mol. The van der Waals surface area contributed by atoms with E-state index in [1.165, 1.54) is 0 Å². The molecular weight excluding hydrogens is 300 g/mol. The second-order valence-electron chi connectivity index (χ2n) is 6.77. The molecule has 0 N–H and O–H groups in total. The highest BCUT2D eigenvalue weighted by Gasteiger charge is 2.66. The van der Waals surface area contributed by atoms with Crippen LogP contribution in [0.15, 0.2) is 60.7 Å². The fourth-order valence-electron chi connectivity index (χ4n) is 4.47. The summed E-state index contributed by atoms with van der Waals surface area (Å²) in [5.41, 5.74) is -0.628. The van der Waals surface area contributed by atoms with Crippen LogP contribution in [0.25, 0.3) is 0 Å². The molecular formula is C21H18O3. The maximum Gasteiger partial charge on any atom is 0.184 e. The van der Waals surface area contributed by atoms with Crippen LogP contribution in [0.4, 0.5) is 0 Å². The summed E-state index contributed by atoms with van der Waals surface area (Å²) in [7, 11) is 0. The van der Waals surface area contributed by atoms with Crippen molar-refractivity contribution in [2.24, 2.45) is 17.3 Å². The lowest BCUT2D eigenvalue weighted by atomic mass is 9.63. The van der Waals surface area contributed by atoms with Gasteiger partial charge in [0.15, 0.2) is 22.8 Å². The van der Waals surface area contributed by atoms with Crippen LogP contribution >= 0.6 is 0 Å². The molecule has 120 valence electrons. The molecule has 0 spiro atoms. The van der Waals surface area contributed by atoms with Crippen molar-refractivity contribution < 1.29 is 14.4 Å². The Morgan fingerprint density at radius 2 is 1.29 bits per heavy atom. The molecule has 2 unspecified atom stereocenters. The van der Waals surface area contributed by atoms with Crippen molar-refractivity contribution in [3.63, 3.8) is 0 Å². The highest BCUT2D eigenvalue weighted by atomic mass is 16.2. The normalized spacial score (nSPS) is 24.1. The number of ketones is 3. The second kappa shape index (κ2) is 5.52. The number of benzene rings is 2. The van der Waals surface area contributed by atoms with Gasteiger partial charge in [0.25, 0.3) is 0 Å². The fraction of sp³-hybridized carbons (Fsp3) is 0.286. The van der Waals surface area contributed by atoms with Crippen molar-refractivity contribution >= 4 is 17.3 Å². The molecule has 0 amide bonds. The van der Waals surface area contributed by atoms with E-state index in [-0.39, 0.29) is 29.2 Å². The van der Waals surface area contributed by atoms with Gasteiger partial charge in [0.2, 0.25) is 0 Å². The van der Waals surface area contributed by atoms with Gasteiger partial charge in [-0.15, -0.1) is 0 Å². The van der Waals surface area contributed by atoms with Gasteiger partial charge >= 0.3 is 0 Å². The predicted molar refractivity (Wildman–Crippen MR) is 89.8 cm³/mol. The standard InChI is InChI=1S/C21H18O3/c22-18(14-7-3-1-4-8-14)21(17-12-11-16(13-17)20(21)24)19(23)15-9-5-2-6-10-15/h1-10,16-17H,11-13H2. The number of carbonyl (C=O) groups excluding carboxylic acids is 3.